The fourth-order valence-electron chi connectivity index (χ4n) is 1.37. The molecule has 0 bridgehead atoms. The van der Waals surface area contributed by atoms with Gasteiger partial charge in [-0.05, 0) is 24.6 Å². The zero-order valence-electron chi connectivity index (χ0n) is 9.51. The van der Waals surface area contributed by atoms with Gasteiger partial charge in [-0.2, -0.15) is 5.48 Å². The Bertz CT molecular complexity index is 403. The maximum Gasteiger partial charge on any atom is 0.313 e. The van der Waals surface area contributed by atoms with E-state index in [-0.39, 0.29) is 11.8 Å². The molecule has 92 valence electrons. The first-order chi connectivity index (χ1) is 8.04. The van der Waals surface area contributed by atoms with Crippen LogP contribution >= 0.6 is 11.8 Å². The lowest BCUT2D eigenvalue weighted by molar-refractivity contribution is -0.133. The summed E-state index contributed by atoms with van der Waals surface area (Å²) in [7, 11) is 0. The van der Waals surface area contributed by atoms with Crippen LogP contribution in [0.5, 0.6) is 0 Å². The third-order valence-electron chi connectivity index (χ3n) is 2.20. The number of hydroxylamine groups is 1. The Labute approximate surface area is 104 Å². The molecule has 0 aromatic heterocycles. The summed E-state index contributed by atoms with van der Waals surface area (Å²) in [6.45, 7) is 5.60. The van der Waals surface area contributed by atoms with Crippen molar-refractivity contribution < 1.29 is 15.1 Å². The highest BCUT2D eigenvalue weighted by Gasteiger charge is 2.10. The van der Waals surface area contributed by atoms with Crippen molar-refractivity contribution in [1.29, 1.82) is 0 Å². The van der Waals surface area contributed by atoms with E-state index in [9.17, 15) is 4.79 Å². The van der Waals surface area contributed by atoms with Gasteiger partial charge in [0.1, 0.15) is 0 Å². The molecule has 3 N–H and O–H groups in total. The fraction of sp³-hybridized carbons (Fsp3) is 0.250. The number of aliphatic carboxylic acids is 1. The van der Waals surface area contributed by atoms with Crippen molar-refractivity contribution in [3.8, 4) is 0 Å². The van der Waals surface area contributed by atoms with Crippen LogP contribution in [0.3, 0.4) is 0 Å². The standard InChI is InChI=1S/C12H15NO3S/c1-8(2)12(13-16)9-3-5-10(6-4-9)17-7-11(14)15/h3-6,12-13,16H,1,7H2,2H3,(H,14,15). The molecule has 0 spiro atoms. The lowest BCUT2D eigenvalue weighted by atomic mass is 10.0. The molecule has 1 unspecified atom stereocenters. The van der Waals surface area contributed by atoms with Crippen LogP contribution in [0.2, 0.25) is 0 Å². The number of benzene rings is 1. The van der Waals surface area contributed by atoms with Gasteiger partial charge < -0.3 is 10.3 Å². The van der Waals surface area contributed by atoms with Crippen LogP contribution < -0.4 is 5.48 Å². The minimum absolute atomic E-state index is 0.0432. The number of hydrogen-bond acceptors (Lipinski definition) is 4. The fourth-order valence-corrected chi connectivity index (χ4v) is 1.99. The van der Waals surface area contributed by atoms with E-state index >= 15 is 0 Å². The van der Waals surface area contributed by atoms with Gasteiger partial charge in [-0.1, -0.05) is 24.3 Å². The first-order valence-electron chi connectivity index (χ1n) is 5.04. The summed E-state index contributed by atoms with van der Waals surface area (Å²) >= 11 is 1.26. The summed E-state index contributed by atoms with van der Waals surface area (Å²) in [5, 5.41) is 17.6. The first kappa shape index (κ1) is 13.8. The van der Waals surface area contributed by atoms with Crippen LogP contribution in [-0.2, 0) is 4.79 Å². The van der Waals surface area contributed by atoms with E-state index in [2.05, 4.69) is 12.1 Å². The zero-order chi connectivity index (χ0) is 12.8. The van der Waals surface area contributed by atoms with Crippen molar-refractivity contribution in [2.24, 2.45) is 0 Å². The summed E-state index contributed by atoms with van der Waals surface area (Å²) in [6.07, 6.45) is 0. The second-order valence-electron chi connectivity index (χ2n) is 3.66. The molecule has 0 aliphatic carbocycles. The quantitative estimate of drug-likeness (QED) is 0.413. The molecule has 1 atom stereocenters. The van der Waals surface area contributed by atoms with Gasteiger partial charge in [0, 0.05) is 4.90 Å². The summed E-state index contributed by atoms with van der Waals surface area (Å²) in [5.41, 5.74) is 3.88. The number of hydrogen-bond donors (Lipinski definition) is 3. The summed E-state index contributed by atoms with van der Waals surface area (Å²) in [4.78, 5) is 11.3. The Kier molecular flexibility index (Phi) is 5.21. The summed E-state index contributed by atoms with van der Waals surface area (Å²) in [5.74, 6) is -0.794. The molecular weight excluding hydrogens is 238 g/mol. The minimum Gasteiger partial charge on any atom is -0.481 e. The lowest BCUT2D eigenvalue weighted by Gasteiger charge is -2.15. The van der Waals surface area contributed by atoms with Gasteiger partial charge in [-0.25, -0.2) is 0 Å². The number of carboxylic acids is 1. The predicted octanol–water partition coefficient (Wildman–Crippen LogP) is 2.46. The molecule has 0 saturated heterocycles. The smallest absolute Gasteiger partial charge is 0.313 e. The number of nitrogens with one attached hydrogen (secondary N) is 1. The van der Waals surface area contributed by atoms with E-state index in [1.165, 1.54) is 11.8 Å². The highest BCUT2D eigenvalue weighted by Crippen LogP contribution is 2.23. The topological polar surface area (TPSA) is 69.6 Å². The molecule has 0 aliphatic heterocycles. The van der Waals surface area contributed by atoms with Crippen molar-refractivity contribution in [3.05, 3.63) is 42.0 Å². The molecule has 4 nitrogen and oxygen atoms in total. The van der Waals surface area contributed by atoms with Crippen LogP contribution in [0, 0.1) is 0 Å². The molecule has 1 aromatic carbocycles. The summed E-state index contributed by atoms with van der Waals surface area (Å²) < 4.78 is 0. The molecule has 0 heterocycles. The molecule has 0 radical (unpaired) electrons. The van der Waals surface area contributed by atoms with Crippen molar-refractivity contribution >= 4 is 17.7 Å². The second kappa shape index (κ2) is 6.44. The average molecular weight is 253 g/mol. The molecule has 1 rings (SSSR count). The molecular formula is C12H15NO3S. The normalized spacial score (nSPS) is 12.1. The number of thioether (sulfide) groups is 1. The van der Waals surface area contributed by atoms with E-state index in [0.717, 1.165) is 16.0 Å². The van der Waals surface area contributed by atoms with Crippen LogP contribution in [0.25, 0.3) is 0 Å². The van der Waals surface area contributed by atoms with E-state index in [4.69, 9.17) is 10.3 Å². The Morgan fingerprint density at radius 2 is 2.06 bits per heavy atom. The van der Waals surface area contributed by atoms with Crippen molar-refractivity contribution in [3.63, 3.8) is 0 Å². The van der Waals surface area contributed by atoms with Crippen LogP contribution in [0.4, 0.5) is 0 Å². The first-order valence-corrected chi connectivity index (χ1v) is 6.02. The predicted molar refractivity (Wildman–Crippen MR) is 67.3 cm³/mol. The van der Waals surface area contributed by atoms with Gasteiger partial charge >= 0.3 is 5.97 Å². The van der Waals surface area contributed by atoms with Gasteiger partial charge in [-0.3, -0.25) is 4.79 Å². The third kappa shape index (κ3) is 4.22. The maximum absolute atomic E-state index is 10.4. The van der Waals surface area contributed by atoms with E-state index in [0.29, 0.717) is 0 Å². The Morgan fingerprint density at radius 3 is 2.47 bits per heavy atom. The van der Waals surface area contributed by atoms with Crippen LogP contribution in [0.1, 0.15) is 18.5 Å². The van der Waals surface area contributed by atoms with Crippen molar-refractivity contribution in [1.82, 2.24) is 5.48 Å². The molecule has 5 heteroatoms. The van der Waals surface area contributed by atoms with Crippen molar-refractivity contribution in [2.45, 2.75) is 17.9 Å². The number of carboxylic acid groups (broad SMARTS) is 1. The third-order valence-corrected chi connectivity index (χ3v) is 3.19. The van der Waals surface area contributed by atoms with Crippen LogP contribution in [0.15, 0.2) is 41.3 Å². The van der Waals surface area contributed by atoms with E-state index in [1.54, 1.807) is 0 Å². The van der Waals surface area contributed by atoms with E-state index < -0.39 is 5.97 Å². The average Bonchev–Trinajstić information content (AvgIpc) is 2.28. The molecule has 1 aromatic rings. The molecule has 0 amide bonds. The molecule has 17 heavy (non-hydrogen) atoms. The van der Waals surface area contributed by atoms with Gasteiger partial charge in [0.15, 0.2) is 0 Å². The minimum atomic E-state index is -0.837. The summed E-state index contributed by atoms with van der Waals surface area (Å²) in [6, 6.07) is 7.04. The zero-order valence-corrected chi connectivity index (χ0v) is 10.3. The highest BCUT2D eigenvalue weighted by molar-refractivity contribution is 8.00. The monoisotopic (exact) mass is 253 g/mol. The second-order valence-corrected chi connectivity index (χ2v) is 4.71. The Balaban J connectivity index is 2.73. The van der Waals surface area contributed by atoms with Gasteiger partial charge in [0.2, 0.25) is 0 Å². The number of carbonyl (C=O) groups is 1. The van der Waals surface area contributed by atoms with Gasteiger partial charge in [0.25, 0.3) is 0 Å². The van der Waals surface area contributed by atoms with E-state index in [1.807, 2.05) is 31.2 Å². The SMILES string of the molecule is C=C(C)C(NO)c1ccc(SCC(=O)O)cc1. The maximum atomic E-state index is 10.4. The Morgan fingerprint density at radius 1 is 1.47 bits per heavy atom. The molecule has 0 aliphatic rings. The molecule has 0 fully saturated rings. The van der Waals surface area contributed by atoms with Gasteiger partial charge in [-0.15, -0.1) is 11.8 Å². The largest absolute Gasteiger partial charge is 0.481 e. The van der Waals surface area contributed by atoms with Crippen molar-refractivity contribution in [2.75, 3.05) is 5.75 Å². The van der Waals surface area contributed by atoms with Gasteiger partial charge in [0.05, 0.1) is 11.8 Å². The van der Waals surface area contributed by atoms with Crippen LogP contribution in [-0.4, -0.2) is 22.0 Å². The molecule has 0 saturated carbocycles. The Hall–Kier alpha value is -1.30. The lowest BCUT2D eigenvalue weighted by Crippen LogP contribution is -2.17. The highest BCUT2D eigenvalue weighted by atomic mass is 32.2. The number of rotatable bonds is 6.